The third-order valence-corrected chi connectivity index (χ3v) is 5.98. The zero-order valence-electron chi connectivity index (χ0n) is 16.5. The molecule has 6 nitrogen and oxygen atoms in total. The van der Waals surface area contributed by atoms with Gasteiger partial charge in [0.05, 0.1) is 6.67 Å². The highest BCUT2D eigenvalue weighted by molar-refractivity contribution is 7.71. The van der Waals surface area contributed by atoms with Crippen LogP contribution in [0.4, 0.5) is 0 Å². The smallest absolute Gasteiger partial charge is 0.199 e. The lowest BCUT2D eigenvalue weighted by Gasteiger charge is -2.34. The lowest BCUT2D eigenvalue weighted by atomic mass is 10.2. The molecule has 0 unspecified atom stereocenters. The molecule has 2 aromatic heterocycles. The van der Waals surface area contributed by atoms with Crippen molar-refractivity contribution in [2.45, 2.75) is 26.7 Å². The van der Waals surface area contributed by atoms with E-state index in [1.165, 1.54) is 5.56 Å². The molecule has 8 heteroatoms. The number of piperazine rings is 1. The van der Waals surface area contributed by atoms with E-state index in [0.717, 1.165) is 67.1 Å². The molecular formula is C21H25ClN6S. The van der Waals surface area contributed by atoms with Gasteiger partial charge in [-0.15, -0.1) is 0 Å². The van der Waals surface area contributed by atoms with Crippen LogP contribution in [0.2, 0.25) is 5.02 Å². The number of benzene rings is 1. The summed E-state index contributed by atoms with van der Waals surface area (Å²) in [5.74, 6) is 0.904. The van der Waals surface area contributed by atoms with Gasteiger partial charge in [-0.2, -0.15) is 5.10 Å². The van der Waals surface area contributed by atoms with Gasteiger partial charge in [0.1, 0.15) is 0 Å². The van der Waals surface area contributed by atoms with E-state index in [2.05, 4.69) is 38.4 Å². The van der Waals surface area contributed by atoms with Crippen molar-refractivity contribution in [3.8, 4) is 11.4 Å². The van der Waals surface area contributed by atoms with Gasteiger partial charge in [-0.25, -0.2) is 4.68 Å². The van der Waals surface area contributed by atoms with Crippen molar-refractivity contribution in [1.82, 2.24) is 29.1 Å². The van der Waals surface area contributed by atoms with Crippen LogP contribution in [0.15, 0.2) is 48.8 Å². The van der Waals surface area contributed by atoms with Gasteiger partial charge in [0.25, 0.3) is 0 Å². The van der Waals surface area contributed by atoms with Gasteiger partial charge in [-0.1, -0.05) is 23.7 Å². The Kier molecular flexibility index (Phi) is 6.40. The lowest BCUT2D eigenvalue weighted by molar-refractivity contribution is 0.0980. The quantitative estimate of drug-likeness (QED) is 0.556. The highest BCUT2D eigenvalue weighted by Gasteiger charge is 2.19. The molecule has 1 saturated heterocycles. The third-order valence-electron chi connectivity index (χ3n) is 5.30. The van der Waals surface area contributed by atoms with Gasteiger partial charge in [0.2, 0.25) is 0 Å². The SMILES string of the molecule is CCn1c(-c2ccncc2)nn(CN2CCN(Cc3ccc(Cl)cc3)CC2)c1=S. The number of aromatic nitrogens is 4. The normalized spacial score (nSPS) is 15.7. The summed E-state index contributed by atoms with van der Waals surface area (Å²) in [6.07, 6.45) is 3.58. The summed E-state index contributed by atoms with van der Waals surface area (Å²) >= 11 is 11.7. The molecule has 1 aromatic carbocycles. The van der Waals surface area contributed by atoms with Gasteiger partial charge < -0.3 is 4.57 Å². The molecule has 1 aliphatic rings. The second-order valence-corrected chi connectivity index (χ2v) is 8.05. The molecule has 29 heavy (non-hydrogen) atoms. The Balaban J connectivity index is 1.40. The summed E-state index contributed by atoms with van der Waals surface area (Å²) in [5.41, 5.74) is 2.34. The molecule has 0 N–H and O–H groups in total. The van der Waals surface area contributed by atoms with Crippen molar-refractivity contribution < 1.29 is 0 Å². The van der Waals surface area contributed by atoms with E-state index in [4.69, 9.17) is 28.9 Å². The molecule has 152 valence electrons. The van der Waals surface area contributed by atoms with Crippen molar-refractivity contribution in [1.29, 1.82) is 0 Å². The van der Waals surface area contributed by atoms with Gasteiger partial charge in [0.15, 0.2) is 10.6 Å². The largest absolute Gasteiger partial charge is 0.300 e. The molecule has 4 rings (SSSR count). The Labute approximate surface area is 181 Å². The van der Waals surface area contributed by atoms with Crippen LogP contribution in [0.25, 0.3) is 11.4 Å². The van der Waals surface area contributed by atoms with Crippen molar-refractivity contribution in [3.05, 3.63) is 64.1 Å². The standard InChI is InChI=1S/C21H25ClN6S/c1-2-27-20(18-7-9-23-10-8-18)24-28(21(27)29)16-26-13-11-25(12-14-26)15-17-3-5-19(22)6-4-17/h3-10H,2,11-16H2,1H3. The maximum Gasteiger partial charge on any atom is 0.199 e. The number of halogens is 1. The fourth-order valence-corrected chi connectivity index (χ4v) is 4.10. The first-order valence-electron chi connectivity index (χ1n) is 9.91. The summed E-state index contributed by atoms with van der Waals surface area (Å²) in [6, 6.07) is 12.1. The molecule has 0 spiro atoms. The number of hydrogen-bond acceptors (Lipinski definition) is 5. The van der Waals surface area contributed by atoms with E-state index in [0.29, 0.717) is 0 Å². The highest BCUT2D eigenvalue weighted by atomic mass is 35.5. The molecule has 1 aliphatic heterocycles. The number of pyridine rings is 1. The van der Waals surface area contributed by atoms with Crippen LogP contribution in [0.5, 0.6) is 0 Å². The van der Waals surface area contributed by atoms with Gasteiger partial charge in [-0.3, -0.25) is 14.8 Å². The minimum absolute atomic E-state index is 0.721. The third kappa shape index (κ3) is 4.75. The maximum atomic E-state index is 5.98. The topological polar surface area (TPSA) is 42.1 Å². The average Bonchev–Trinajstić information content (AvgIpc) is 3.07. The van der Waals surface area contributed by atoms with E-state index in [1.807, 2.05) is 28.9 Å². The fraction of sp³-hybridized carbons (Fsp3) is 0.381. The zero-order valence-corrected chi connectivity index (χ0v) is 18.1. The number of rotatable bonds is 6. The first kappa shape index (κ1) is 20.2. The number of nitrogens with zero attached hydrogens (tertiary/aromatic N) is 6. The second-order valence-electron chi connectivity index (χ2n) is 7.25. The molecule has 0 bridgehead atoms. The monoisotopic (exact) mass is 428 g/mol. The Morgan fingerprint density at radius 2 is 1.62 bits per heavy atom. The average molecular weight is 429 g/mol. The minimum Gasteiger partial charge on any atom is -0.300 e. The van der Waals surface area contributed by atoms with Gasteiger partial charge in [-0.05, 0) is 49.0 Å². The second kappa shape index (κ2) is 9.17. The Bertz CT molecular complexity index is 990. The summed E-state index contributed by atoms with van der Waals surface area (Å²) in [6.45, 7) is 8.63. The predicted molar refractivity (Wildman–Crippen MR) is 118 cm³/mol. The summed E-state index contributed by atoms with van der Waals surface area (Å²) in [5, 5.41) is 5.60. The summed E-state index contributed by atoms with van der Waals surface area (Å²) < 4.78 is 4.80. The van der Waals surface area contributed by atoms with Crippen LogP contribution in [0.3, 0.4) is 0 Å². The Morgan fingerprint density at radius 1 is 0.966 bits per heavy atom. The molecule has 1 fully saturated rings. The van der Waals surface area contributed by atoms with Crippen LogP contribution in [0, 0.1) is 4.77 Å². The molecule has 0 saturated carbocycles. The minimum atomic E-state index is 0.721. The highest BCUT2D eigenvalue weighted by Crippen LogP contribution is 2.18. The predicted octanol–water partition coefficient (Wildman–Crippen LogP) is 3.92. The van der Waals surface area contributed by atoms with Crippen molar-refractivity contribution in [3.63, 3.8) is 0 Å². The Hall–Kier alpha value is -2.06. The Morgan fingerprint density at radius 3 is 2.28 bits per heavy atom. The first-order chi connectivity index (χ1) is 14.1. The summed E-state index contributed by atoms with van der Waals surface area (Å²) in [4.78, 5) is 8.99. The van der Waals surface area contributed by atoms with E-state index < -0.39 is 0 Å². The lowest BCUT2D eigenvalue weighted by Crippen LogP contribution is -2.46. The van der Waals surface area contributed by atoms with E-state index in [-0.39, 0.29) is 0 Å². The van der Waals surface area contributed by atoms with Crippen LogP contribution < -0.4 is 0 Å². The molecule has 3 heterocycles. The van der Waals surface area contributed by atoms with Crippen LogP contribution >= 0.6 is 23.8 Å². The molecule has 0 amide bonds. The molecular weight excluding hydrogens is 404 g/mol. The number of hydrogen-bond donors (Lipinski definition) is 0. The van der Waals surface area contributed by atoms with E-state index in [1.54, 1.807) is 12.4 Å². The van der Waals surface area contributed by atoms with Crippen molar-refractivity contribution in [2.24, 2.45) is 0 Å². The fourth-order valence-electron chi connectivity index (χ4n) is 3.66. The maximum absolute atomic E-state index is 5.98. The molecule has 3 aromatic rings. The zero-order chi connectivity index (χ0) is 20.2. The van der Waals surface area contributed by atoms with Crippen molar-refractivity contribution in [2.75, 3.05) is 26.2 Å². The van der Waals surface area contributed by atoms with E-state index in [9.17, 15) is 0 Å². The molecule has 0 atom stereocenters. The first-order valence-corrected chi connectivity index (χ1v) is 10.7. The van der Waals surface area contributed by atoms with Gasteiger partial charge >= 0.3 is 0 Å². The van der Waals surface area contributed by atoms with Crippen LogP contribution in [-0.4, -0.2) is 55.3 Å². The van der Waals surface area contributed by atoms with Gasteiger partial charge in [0, 0.05) is 62.2 Å². The van der Waals surface area contributed by atoms with Crippen molar-refractivity contribution >= 4 is 23.8 Å². The van der Waals surface area contributed by atoms with Crippen LogP contribution in [-0.2, 0) is 19.8 Å². The summed E-state index contributed by atoms with van der Waals surface area (Å²) in [7, 11) is 0. The van der Waals surface area contributed by atoms with Crippen LogP contribution in [0.1, 0.15) is 12.5 Å². The molecule has 0 aliphatic carbocycles. The van der Waals surface area contributed by atoms with E-state index >= 15 is 0 Å². The molecule has 0 radical (unpaired) electrons.